The summed E-state index contributed by atoms with van der Waals surface area (Å²) in [5.41, 5.74) is 0. The number of rotatable bonds is 3. The van der Waals surface area contributed by atoms with Crippen molar-refractivity contribution in [3.8, 4) is 0 Å². The van der Waals surface area contributed by atoms with Gasteiger partial charge in [-0.3, -0.25) is 9.78 Å². The number of aromatic nitrogens is 1. The first kappa shape index (κ1) is 14.9. The third-order valence-corrected chi connectivity index (χ3v) is 6.06. The van der Waals surface area contributed by atoms with E-state index in [4.69, 9.17) is 0 Å². The molecule has 1 amide bonds. The Balaban J connectivity index is 2.07. The molecule has 116 valence electrons. The second-order valence-corrected chi connectivity index (χ2v) is 7.40. The van der Waals surface area contributed by atoms with Gasteiger partial charge in [0.1, 0.15) is 6.04 Å². The van der Waals surface area contributed by atoms with Gasteiger partial charge in [-0.25, -0.2) is 8.42 Å². The number of amides is 1. The van der Waals surface area contributed by atoms with Gasteiger partial charge in [-0.2, -0.15) is 4.31 Å². The lowest BCUT2D eigenvalue weighted by molar-refractivity contribution is -0.129. The molecule has 7 heteroatoms. The average Bonchev–Trinajstić information content (AvgIpc) is 2.85. The fourth-order valence-electron chi connectivity index (χ4n) is 2.78. The highest BCUT2D eigenvalue weighted by atomic mass is 32.2. The number of sulfonamides is 1. The first-order valence-corrected chi connectivity index (χ1v) is 8.42. The Kier molecular flexibility index (Phi) is 3.62. The largest absolute Gasteiger partial charge is 0.344 e. The second-order valence-electron chi connectivity index (χ2n) is 5.44. The number of carbonyl (C=O) groups excluding carboxylic acids is 1. The van der Waals surface area contributed by atoms with Crippen molar-refractivity contribution in [2.75, 3.05) is 20.6 Å². The van der Waals surface area contributed by atoms with Crippen molar-refractivity contribution < 1.29 is 13.2 Å². The number of hydrogen-bond acceptors (Lipinski definition) is 4. The van der Waals surface area contributed by atoms with Crippen LogP contribution in [0.5, 0.6) is 0 Å². The predicted molar refractivity (Wildman–Crippen MR) is 82.7 cm³/mol. The molecule has 6 nitrogen and oxygen atoms in total. The molecule has 1 aliphatic heterocycles. The van der Waals surface area contributed by atoms with Crippen LogP contribution < -0.4 is 0 Å². The smallest absolute Gasteiger partial charge is 0.244 e. The monoisotopic (exact) mass is 319 g/mol. The van der Waals surface area contributed by atoms with Crippen LogP contribution in [0.15, 0.2) is 41.6 Å². The van der Waals surface area contributed by atoms with Crippen LogP contribution in [-0.4, -0.2) is 55.2 Å². The maximum Gasteiger partial charge on any atom is 0.244 e. The van der Waals surface area contributed by atoms with E-state index in [9.17, 15) is 13.2 Å². The molecule has 0 spiro atoms. The molecule has 3 rings (SSSR count). The standard InChI is InChI=1S/C15H17N3O3S/c1-17-9-7-13(15(17)19)18(2)22(20,21)14-5-3-4-11-10-16-8-6-12(11)14/h3-6,8,10,13H,7,9H2,1-2H3. The quantitative estimate of drug-likeness (QED) is 0.849. The number of fused-ring (bicyclic) bond motifs is 1. The van der Waals surface area contributed by atoms with Crippen molar-refractivity contribution in [3.63, 3.8) is 0 Å². The molecule has 0 radical (unpaired) electrons. The zero-order valence-corrected chi connectivity index (χ0v) is 13.2. The van der Waals surface area contributed by atoms with Gasteiger partial charge in [0, 0.05) is 43.8 Å². The highest BCUT2D eigenvalue weighted by Gasteiger charge is 2.38. The van der Waals surface area contributed by atoms with Crippen molar-refractivity contribution in [2.24, 2.45) is 0 Å². The minimum atomic E-state index is -3.75. The van der Waals surface area contributed by atoms with E-state index >= 15 is 0 Å². The molecule has 22 heavy (non-hydrogen) atoms. The SMILES string of the molecule is CN1CCC(N(C)S(=O)(=O)c2cccc3cnccc23)C1=O. The van der Waals surface area contributed by atoms with Gasteiger partial charge in [-0.05, 0) is 18.6 Å². The van der Waals surface area contributed by atoms with E-state index in [0.717, 1.165) is 5.39 Å². The van der Waals surface area contributed by atoms with E-state index in [2.05, 4.69) is 4.98 Å². The third kappa shape index (κ3) is 2.26. The second kappa shape index (κ2) is 5.33. The molecule has 1 fully saturated rings. The molecular weight excluding hydrogens is 302 g/mol. The summed E-state index contributed by atoms with van der Waals surface area (Å²) in [7, 11) is -0.591. The summed E-state index contributed by atoms with van der Waals surface area (Å²) in [5.74, 6) is -0.159. The van der Waals surface area contributed by atoms with E-state index in [0.29, 0.717) is 18.4 Å². The average molecular weight is 319 g/mol. The van der Waals surface area contributed by atoms with Crippen LogP contribution in [0, 0.1) is 0 Å². The molecule has 0 N–H and O–H groups in total. The fraction of sp³-hybridized carbons (Fsp3) is 0.333. The van der Waals surface area contributed by atoms with Crippen molar-refractivity contribution in [2.45, 2.75) is 17.4 Å². The predicted octanol–water partition coefficient (Wildman–Crippen LogP) is 1.09. The lowest BCUT2D eigenvalue weighted by Gasteiger charge is -2.23. The van der Waals surface area contributed by atoms with Crippen molar-refractivity contribution >= 4 is 26.7 Å². The summed E-state index contributed by atoms with van der Waals surface area (Å²) in [6, 6.07) is 6.12. The first-order chi connectivity index (χ1) is 10.4. The summed E-state index contributed by atoms with van der Waals surface area (Å²) in [5, 5.41) is 1.37. The first-order valence-electron chi connectivity index (χ1n) is 6.98. The number of hydrogen-bond donors (Lipinski definition) is 0. The minimum absolute atomic E-state index is 0.159. The molecule has 2 heterocycles. The van der Waals surface area contributed by atoms with Crippen LogP contribution in [0.1, 0.15) is 6.42 Å². The van der Waals surface area contributed by atoms with Crippen LogP contribution in [0.2, 0.25) is 0 Å². The zero-order valence-electron chi connectivity index (χ0n) is 12.4. The van der Waals surface area contributed by atoms with Gasteiger partial charge in [0.25, 0.3) is 0 Å². The highest BCUT2D eigenvalue weighted by molar-refractivity contribution is 7.89. The Bertz CT molecular complexity index is 830. The topological polar surface area (TPSA) is 70.6 Å². The Morgan fingerprint density at radius 3 is 2.77 bits per heavy atom. The van der Waals surface area contributed by atoms with Crippen LogP contribution in [0.3, 0.4) is 0 Å². The Hall–Kier alpha value is -1.99. The summed E-state index contributed by atoms with van der Waals surface area (Å²) >= 11 is 0. The van der Waals surface area contributed by atoms with Gasteiger partial charge in [-0.1, -0.05) is 12.1 Å². The Labute approximate surface area is 129 Å². The van der Waals surface area contributed by atoms with Crippen LogP contribution in [0.25, 0.3) is 10.8 Å². The van der Waals surface area contributed by atoms with Crippen LogP contribution in [-0.2, 0) is 14.8 Å². The van der Waals surface area contributed by atoms with Crippen LogP contribution >= 0.6 is 0 Å². The van der Waals surface area contributed by atoms with Crippen LogP contribution in [0.4, 0.5) is 0 Å². The highest BCUT2D eigenvalue weighted by Crippen LogP contribution is 2.27. The number of benzene rings is 1. The molecule has 1 aromatic carbocycles. The van der Waals surface area contributed by atoms with E-state index in [-0.39, 0.29) is 10.8 Å². The molecule has 1 unspecified atom stereocenters. The van der Waals surface area contributed by atoms with Crippen molar-refractivity contribution in [3.05, 3.63) is 36.7 Å². The number of likely N-dealkylation sites (tertiary alicyclic amines) is 1. The van der Waals surface area contributed by atoms with Gasteiger partial charge in [0.2, 0.25) is 15.9 Å². The molecule has 0 saturated carbocycles. The van der Waals surface area contributed by atoms with E-state index in [1.165, 1.54) is 11.4 Å². The maximum absolute atomic E-state index is 12.9. The molecule has 2 aromatic rings. The van der Waals surface area contributed by atoms with Gasteiger partial charge in [0.05, 0.1) is 4.90 Å². The van der Waals surface area contributed by atoms with Gasteiger partial charge in [-0.15, -0.1) is 0 Å². The number of likely N-dealkylation sites (N-methyl/N-ethyl adjacent to an activating group) is 2. The molecule has 1 aliphatic rings. The summed E-state index contributed by atoms with van der Waals surface area (Å²) in [6.07, 6.45) is 3.70. The zero-order chi connectivity index (χ0) is 15.9. The fourth-order valence-corrected chi connectivity index (χ4v) is 4.34. The lowest BCUT2D eigenvalue weighted by atomic mass is 10.2. The normalized spacial score (nSPS) is 19.3. The maximum atomic E-state index is 12.9. The third-order valence-electron chi connectivity index (χ3n) is 4.14. The number of pyridine rings is 1. The number of nitrogens with zero attached hydrogens (tertiary/aromatic N) is 3. The Morgan fingerprint density at radius 2 is 2.09 bits per heavy atom. The number of carbonyl (C=O) groups is 1. The molecule has 1 aromatic heterocycles. The molecule has 1 atom stereocenters. The van der Waals surface area contributed by atoms with Gasteiger partial charge in [0.15, 0.2) is 0 Å². The van der Waals surface area contributed by atoms with Gasteiger partial charge >= 0.3 is 0 Å². The van der Waals surface area contributed by atoms with E-state index in [1.54, 1.807) is 42.5 Å². The lowest BCUT2D eigenvalue weighted by Crippen LogP contribution is -2.42. The van der Waals surface area contributed by atoms with Gasteiger partial charge < -0.3 is 4.90 Å². The van der Waals surface area contributed by atoms with E-state index < -0.39 is 16.1 Å². The van der Waals surface area contributed by atoms with E-state index in [1.807, 2.05) is 6.07 Å². The van der Waals surface area contributed by atoms with Crippen molar-refractivity contribution in [1.82, 2.24) is 14.2 Å². The molecular formula is C15H17N3O3S. The molecule has 0 aliphatic carbocycles. The molecule has 0 bridgehead atoms. The van der Waals surface area contributed by atoms with Crippen molar-refractivity contribution in [1.29, 1.82) is 0 Å². The summed E-state index contributed by atoms with van der Waals surface area (Å²) in [4.78, 5) is 17.9. The summed E-state index contributed by atoms with van der Waals surface area (Å²) in [6.45, 7) is 0.572. The summed E-state index contributed by atoms with van der Waals surface area (Å²) < 4.78 is 27.0. The molecule has 1 saturated heterocycles. The minimum Gasteiger partial charge on any atom is -0.344 e. The Morgan fingerprint density at radius 1 is 1.32 bits per heavy atom.